The van der Waals surface area contributed by atoms with Gasteiger partial charge in [0.15, 0.2) is 0 Å². The molecule has 0 saturated carbocycles. The highest BCUT2D eigenvalue weighted by atomic mass is 127. The number of rotatable bonds is 3. The van der Waals surface area contributed by atoms with Crippen LogP contribution < -0.4 is 5.73 Å². The minimum absolute atomic E-state index is 0.0419. The first-order valence-corrected chi connectivity index (χ1v) is 5.47. The Bertz CT molecular complexity index is 288. The van der Waals surface area contributed by atoms with Crippen LogP contribution in [0.3, 0.4) is 0 Å². The summed E-state index contributed by atoms with van der Waals surface area (Å²) in [5.74, 6) is 0.307. The van der Waals surface area contributed by atoms with Gasteiger partial charge in [0.25, 0.3) is 0 Å². The molecule has 0 saturated heterocycles. The predicted molar refractivity (Wildman–Crippen MR) is 62.7 cm³/mol. The zero-order chi connectivity index (χ0) is 9.84. The molecule has 0 spiro atoms. The zero-order valence-corrected chi connectivity index (χ0v) is 9.78. The fourth-order valence-corrected chi connectivity index (χ4v) is 1.80. The van der Waals surface area contributed by atoms with Crippen molar-refractivity contribution in [2.75, 3.05) is 0 Å². The van der Waals surface area contributed by atoms with Gasteiger partial charge < -0.3 is 10.8 Å². The summed E-state index contributed by atoms with van der Waals surface area (Å²) in [7, 11) is 0. The molecule has 1 aromatic carbocycles. The fourth-order valence-electron chi connectivity index (χ4n) is 1.29. The van der Waals surface area contributed by atoms with Gasteiger partial charge in [-0.25, -0.2) is 0 Å². The fraction of sp³-hybridized carbons (Fsp3) is 0.400. The number of hydrogen-bond donors (Lipinski definition) is 2. The molecule has 3 heteroatoms. The van der Waals surface area contributed by atoms with E-state index in [0.29, 0.717) is 5.75 Å². The standard InChI is InChI=1S/C10H14INO/c1-2-3-9(12)8-6-7(11)4-5-10(8)13/h4-6,9,13H,2-3,12H2,1H3/t9-/m0/s1. The van der Waals surface area contributed by atoms with Crippen molar-refractivity contribution in [3.8, 4) is 5.75 Å². The van der Waals surface area contributed by atoms with E-state index >= 15 is 0 Å². The van der Waals surface area contributed by atoms with E-state index in [-0.39, 0.29) is 6.04 Å². The van der Waals surface area contributed by atoms with E-state index in [1.165, 1.54) is 0 Å². The molecule has 0 aliphatic rings. The Balaban J connectivity index is 2.91. The molecular formula is C10H14INO. The number of hydrogen-bond acceptors (Lipinski definition) is 2. The molecular weight excluding hydrogens is 277 g/mol. The van der Waals surface area contributed by atoms with Crippen LogP contribution >= 0.6 is 22.6 Å². The van der Waals surface area contributed by atoms with Crippen LogP contribution in [-0.2, 0) is 0 Å². The molecule has 0 aromatic heterocycles. The highest BCUT2D eigenvalue weighted by Gasteiger charge is 2.09. The molecule has 1 rings (SSSR count). The summed E-state index contributed by atoms with van der Waals surface area (Å²) in [6.07, 6.45) is 1.94. The first-order valence-electron chi connectivity index (χ1n) is 4.39. The van der Waals surface area contributed by atoms with Crippen LogP contribution in [0.5, 0.6) is 5.75 Å². The highest BCUT2D eigenvalue weighted by Crippen LogP contribution is 2.26. The van der Waals surface area contributed by atoms with Crippen molar-refractivity contribution in [3.63, 3.8) is 0 Å². The Kier molecular flexibility index (Phi) is 3.99. The van der Waals surface area contributed by atoms with Gasteiger partial charge in [0.05, 0.1) is 0 Å². The Hall–Kier alpha value is -0.290. The van der Waals surface area contributed by atoms with E-state index in [1.54, 1.807) is 6.07 Å². The summed E-state index contributed by atoms with van der Waals surface area (Å²) in [6.45, 7) is 2.09. The third-order valence-corrected chi connectivity index (χ3v) is 2.66. The lowest BCUT2D eigenvalue weighted by Gasteiger charge is -2.12. The van der Waals surface area contributed by atoms with E-state index in [4.69, 9.17) is 5.73 Å². The molecule has 72 valence electrons. The van der Waals surface area contributed by atoms with Gasteiger partial charge in [-0.15, -0.1) is 0 Å². The molecule has 0 amide bonds. The second kappa shape index (κ2) is 4.81. The SMILES string of the molecule is CCC[C@H](N)c1cc(I)ccc1O. The van der Waals surface area contributed by atoms with Gasteiger partial charge in [0.1, 0.15) is 5.75 Å². The van der Waals surface area contributed by atoms with E-state index in [9.17, 15) is 5.11 Å². The molecule has 0 heterocycles. The topological polar surface area (TPSA) is 46.2 Å². The molecule has 1 aromatic rings. The summed E-state index contributed by atoms with van der Waals surface area (Å²) < 4.78 is 1.11. The maximum absolute atomic E-state index is 9.55. The Morgan fingerprint density at radius 3 is 2.85 bits per heavy atom. The van der Waals surface area contributed by atoms with Crippen molar-refractivity contribution >= 4 is 22.6 Å². The number of benzene rings is 1. The average molecular weight is 291 g/mol. The van der Waals surface area contributed by atoms with Gasteiger partial charge in [-0.2, -0.15) is 0 Å². The average Bonchev–Trinajstić information content (AvgIpc) is 2.09. The smallest absolute Gasteiger partial charge is 0.120 e. The number of aromatic hydroxyl groups is 1. The minimum atomic E-state index is -0.0419. The third-order valence-electron chi connectivity index (χ3n) is 1.99. The predicted octanol–water partition coefficient (Wildman–Crippen LogP) is 2.80. The summed E-state index contributed by atoms with van der Waals surface area (Å²) in [4.78, 5) is 0. The number of halogens is 1. The van der Waals surface area contributed by atoms with Crippen LogP contribution in [0.25, 0.3) is 0 Å². The maximum Gasteiger partial charge on any atom is 0.120 e. The molecule has 0 aliphatic heterocycles. The highest BCUT2D eigenvalue weighted by molar-refractivity contribution is 14.1. The first kappa shape index (κ1) is 10.8. The van der Waals surface area contributed by atoms with Gasteiger partial charge in [-0.1, -0.05) is 13.3 Å². The molecule has 0 bridgehead atoms. The van der Waals surface area contributed by atoms with Gasteiger partial charge in [0, 0.05) is 15.2 Å². The molecule has 0 fully saturated rings. The lowest BCUT2D eigenvalue weighted by atomic mass is 10.0. The Morgan fingerprint density at radius 2 is 2.23 bits per heavy atom. The largest absolute Gasteiger partial charge is 0.508 e. The van der Waals surface area contributed by atoms with Crippen LogP contribution in [0.2, 0.25) is 0 Å². The van der Waals surface area contributed by atoms with Crippen LogP contribution in [0.4, 0.5) is 0 Å². The molecule has 13 heavy (non-hydrogen) atoms. The lowest BCUT2D eigenvalue weighted by molar-refractivity contribution is 0.458. The van der Waals surface area contributed by atoms with E-state index in [1.807, 2.05) is 12.1 Å². The quantitative estimate of drug-likeness (QED) is 0.841. The van der Waals surface area contributed by atoms with Gasteiger partial charge >= 0.3 is 0 Å². The minimum Gasteiger partial charge on any atom is -0.508 e. The van der Waals surface area contributed by atoms with Crippen molar-refractivity contribution in [3.05, 3.63) is 27.3 Å². The van der Waals surface area contributed by atoms with Crippen molar-refractivity contribution < 1.29 is 5.11 Å². The summed E-state index contributed by atoms with van der Waals surface area (Å²) in [5.41, 5.74) is 6.77. The number of phenolic OH excluding ortho intramolecular Hbond substituents is 1. The van der Waals surface area contributed by atoms with Crippen LogP contribution in [0, 0.1) is 3.57 Å². The third kappa shape index (κ3) is 2.84. The molecule has 0 unspecified atom stereocenters. The Morgan fingerprint density at radius 1 is 1.54 bits per heavy atom. The van der Waals surface area contributed by atoms with Crippen LogP contribution in [0.1, 0.15) is 31.4 Å². The summed E-state index contributed by atoms with van der Waals surface area (Å²) in [6, 6.07) is 5.47. The second-order valence-electron chi connectivity index (χ2n) is 3.10. The van der Waals surface area contributed by atoms with Crippen molar-refractivity contribution in [1.29, 1.82) is 0 Å². The van der Waals surface area contributed by atoms with Crippen molar-refractivity contribution in [1.82, 2.24) is 0 Å². The van der Waals surface area contributed by atoms with Crippen molar-refractivity contribution in [2.45, 2.75) is 25.8 Å². The van der Waals surface area contributed by atoms with Gasteiger partial charge in [-0.3, -0.25) is 0 Å². The van der Waals surface area contributed by atoms with Crippen molar-refractivity contribution in [2.24, 2.45) is 5.73 Å². The Labute approximate surface area is 92.3 Å². The van der Waals surface area contributed by atoms with Crippen LogP contribution in [0.15, 0.2) is 18.2 Å². The lowest BCUT2D eigenvalue weighted by Crippen LogP contribution is -2.10. The van der Waals surface area contributed by atoms with E-state index in [0.717, 1.165) is 22.0 Å². The zero-order valence-electron chi connectivity index (χ0n) is 7.63. The maximum atomic E-state index is 9.55. The molecule has 0 aliphatic carbocycles. The molecule has 2 nitrogen and oxygen atoms in total. The summed E-state index contributed by atoms with van der Waals surface area (Å²) in [5, 5.41) is 9.55. The number of nitrogens with two attached hydrogens (primary N) is 1. The molecule has 1 atom stereocenters. The second-order valence-corrected chi connectivity index (χ2v) is 4.34. The van der Waals surface area contributed by atoms with Gasteiger partial charge in [-0.05, 0) is 47.2 Å². The van der Waals surface area contributed by atoms with E-state index < -0.39 is 0 Å². The first-order chi connectivity index (χ1) is 6.15. The van der Waals surface area contributed by atoms with E-state index in [2.05, 4.69) is 29.5 Å². The molecule has 3 N–H and O–H groups in total. The summed E-state index contributed by atoms with van der Waals surface area (Å²) >= 11 is 2.22. The monoisotopic (exact) mass is 291 g/mol. The number of phenols is 1. The normalized spacial score (nSPS) is 12.8. The van der Waals surface area contributed by atoms with Crippen LogP contribution in [-0.4, -0.2) is 5.11 Å². The molecule has 0 radical (unpaired) electrons. The van der Waals surface area contributed by atoms with Gasteiger partial charge in [0.2, 0.25) is 0 Å².